The minimum Gasteiger partial charge on any atom is -0.370 e. The van der Waals surface area contributed by atoms with Crippen molar-refractivity contribution in [1.82, 2.24) is 9.97 Å². The zero-order valence-corrected chi connectivity index (χ0v) is 9.98. The molecule has 0 aromatic carbocycles. The molecule has 0 bridgehead atoms. The molecule has 0 aliphatic carbocycles. The molecular weight excluding hydrogens is 237 g/mol. The van der Waals surface area contributed by atoms with Gasteiger partial charge in [-0.2, -0.15) is 0 Å². The number of aryl methyl sites for hydroxylation is 1. The number of aliphatic imine (C=N–C) groups is 1. The highest BCUT2D eigenvalue weighted by Crippen LogP contribution is 1.98. The minimum absolute atomic E-state index is 0. The monoisotopic (exact) mass is 253 g/mol. The number of hydrogen-bond acceptors (Lipinski definition) is 2. The fourth-order valence-electron chi connectivity index (χ4n) is 1.05. The highest BCUT2D eigenvalue weighted by Gasteiger charge is 1.93. The lowest BCUT2D eigenvalue weighted by Crippen LogP contribution is -2.22. The van der Waals surface area contributed by atoms with E-state index in [0.29, 0.717) is 6.54 Å². The Balaban J connectivity index is 0. The van der Waals surface area contributed by atoms with Crippen LogP contribution < -0.4 is 11.5 Å². The van der Waals surface area contributed by atoms with Gasteiger partial charge in [0.15, 0.2) is 5.96 Å². The van der Waals surface area contributed by atoms with Crippen molar-refractivity contribution in [3.63, 3.8) is 0 Å². The molecule has 15 heavy (non-hydrogen) atoms. The lowest BCUT2D eigenvalue weighted by atomic mass is 10.2. The quantitative estimate of drug-likeness (QED) is 0.413. The molecule has 0 saturated heterocycles. The zero-order valence-electron chi connectivity index (χ0n) is 8.35. The first kappa shape index (κ1) is 16.5. The molecule has 1 heterocycles. The molecule has 88 valence electrons. The van der Waals surface area contributed by atoms with E-state index in [9.17, 15) is 0 Å². The van der Waals surface area contributed by atoms with Crippen molar-refractivity contribution in [3.8, 4) is 0 Å². The minimum atomic E-state index is 0. The molecule has 0 radical (unpaired) electrons. The summed E-state index contributed by atoms with van der Waals surface area (Å²) in [7, 11) is 0. The van der Waals surface area contributed by atoms with Gasteiger partial charge < -0.3 is 16.5 Å². The Kier molecular flexibility index (Phi) is 10.6. The first-order valence-electron chi connectivity index (χ1n) is 4.32. The summed E-state index contributed by atoms with van der Waals surface area (Å²) in [5.41, 5.74) is 10.4. The van der Waals surface area contributed by atoms with Gasteiger partial charge >= 0.3 is 0 Å². The summed E-state index contributed by atoms with van der Waals surface area (Å²) in [6.07, 6.45) is 6.56. The van der Waals surface area contributed by atoms with Crippen molar-refractivity contribution in [1.29, 1.82) is 0 Å². The SMILES string of the molecule is Cl.Cl.NC(N)=NCCCCc1ncc[nH]1. The molecule has 1 aromatic rings. The van der Waals surface area contributed by atoms with Crippen LogP contribution in [0.3, 0.4) is 0 Å². The normalized spacial score (nSPS) is 8.53. The Hall–Kier alpha value is -0.940. The van der Waals surface area contributed by atoms with Crippen LogP contribution in [0.4, 0.5) is 0 Å². The summed E-state index contributed by atoms with van der Waals surface area (Å²) in [6, 6.07) is 0. The molecule has 0 aliphatic rings. The summed E-state index contributed by atoms with van der Waals surface area (Å²) in [4.78, 5) is 11.0. The van der Waals surface area contributed by atoms with Crippen LogP contribution in [0.1, 0.15) is 18.7 Å². The van der Waals surface area contributed by atoms with Crippen LogP contribution in [0.25, 0.3) is 0 Å². The van der Waals surface area contributed by atoms with Crippen molar-refractivity contribution in [2.75, 3.05) is 6.54 Å². The van der Waals surface area contributed by atoms with E-state index >= 15 is 0 Å². The van der Waals surface area contributed by atoms with Gasteiger partial charge in [-0.1, -0.05) is 0 Å². The van der Waals surface area contributed by atoms with E-state index < -0.39 is 0 Å². The second kappa shape index (κ2) is 9.61. The van der Waals surface area contributed by atoms with Crippen molar-refractivity contribution < 1.29 is 0 Å². The maximum absolute atomic E-state index is 5.18. The maximum atomic E-state index is 5.18. The Labute approximate surface area is 102 Å². The van der Waals surface area contributed by atoms with Crippen molar-refractivity contribution in [2.45, 2.75) is 19.3 Å². The molecule has 1 rings (SSSR count). The molecule has 0 unspecified atom stereocenters. The fraction of sp³-hybridized carbons (Fsp3) is 0.500. The van der Waals surface area contributed by atoms with E-state index in [4.69, 9.17) is 11.5 Å². The third kappa shape index (κ3) is 8.08. The number of nitrogens with two attached hydrogens (primary N) is 2. The molecule has 0 aliphatic heterocycles. The average Bonchev–Trinajstić information content (AvgIpc) is 2.55. The number of aromatic nitrogens is 2. The first-order chi connectivity index (χ1) is 6.29. The van der Waals surface area contributed by atoms with E-state index in [1.807, 2.05) is 6.20 Å². The molecule has 0 saturated carbocycles. The van der Waals surface area contributed by atoms with Crippen molar-refractivity contribution in [3.05, 3.63) is 18.2 Å². The van der Waals surface area contributed by atoms with Crippen LogP contribution in [0, 0.1) is 0 Å². The smallest absolute Gasteiger partial charge is 0.185 e. The predicted molar refractivity (Wildman–Crippen MR) is 66.7 cm³/mol. The van der Waals surface area contributed by atoms with Gasteiger partial charge in [-0.05, 0) is 12.8 Å². The van der Waals surface area contributed by atoms with Gasteiger partial charge in [-0.25, -0.2) is 4.98 Å². The van der Waals surface area contributed by atoms with E-state index in [1.165, 1.54) is 0 Å². The summed E-state index contributed by atoms with van der Waals surface area (Å²) in [5, 5.41) is 0. The third-order valence-corrected chi connectivity index (χ3v) is 1.67. The number of halogens is 2. The van der Waals surface area contributed by atoms with E-state index in [1.54, 1.807) is 6.20 Å². The number of nitrogens with one attached hydrogen (secondary N) is 1. The Bertz CT molecular complexity index is 256. The molecule has 0 spiro atoms. The summed E-state index contributed by atoms with van der Waals surface area (Å²) in [6.45, 7) is 0.697. The van der Waals surface area contributed by atoms with E-state index in [2.05, 4.69) is 15.0 Å². The lowest BCUT2D eigenvalue weighted by Gasteiger charge is -1.95. The van der Waals surface area contributed by atoms with Gasteiger partial charge in [0.2, 0.25) is 0 Å². The predicted octanol–water partition coefficient (Wildman–Crippen LogP) is 0.849. The second-order valence-corrected chi connectivity index (χ2v) is 2.80. The Morgan fingerprint density at radius 2 is 2.07 bits per heavy atom. The number of nitrogens with zero attached hydrogens (tertiary/aromatic N) is 2. The first-order valence-corrected chi connectivity index (χ1v) is 4.32. The number of aromatic amines is 1. The molecule has 0 amide bonds. The van der Waals surface area contributed by atoms with Crippen LogP contribution in [-0.4, -0.2) is 22.5 Å². The molecule has 0 fully saturated rings. The summed E-state index contributed by atoms with van der Waals surface area (Å²) < 4.78 is 0. The fourth-order valence-corrected chi connectivity index (χ4v) is 1.05. The summed E-state index contributed by atoms with van der Waals surface area (Å²) in [5.74, 6) is 1.18. The number of H-pyrrole nitrogens is 1. The molecule has 0 atom stereocenters. The molecular formula is C8H17Cl2N5. The lowest BCUT2D eigenvalue weighted by molar-refractivity contribution is 0.722. The average molecular weight is 254 g/mol. The van der Waals surface area contributed by atoms with Gasteiger partial charge in [0.1, 0.15) is 5.82 Å². The Morgan fingerprint density at radius 1 is 1.33 bits per heavy atom. The Morgan fingerprint density at radius 3 is 2.60 bits per heavy atom. The van der Waals surface area contributed by atoms with Gasteiger partial charge in [0.25, 0.3) is 0 Å². The van der Waals surface area contributed by atoms with Crippen LogP contribution in [0.15, 0.2) is 17.4 Å². The van der Waals surface area contributed by atoms with Crippen LogP contribution in [0.2, 0.25) is 0 Å². The van der Waals surface area contributed by atoms with Crippen LogP contribution in [-0.2, 0) is 6.42 Å². The number of guanidine groups is 1. The topological polar surface area (TPSA) is 93.1 Å². The third-order valence-electron chi connectivity index (χ3n) is 1.67. The van der Waals surface area contributed by atoms with Crippen LogP contribution in [0.5, 0.6) is 0 Å². The van der Waals surface area contributed by atoms with E-state index in [0.717, 1.165) is 25.1 Å². The van der Waals surface area contributed by atoms with Gasteiger partial charge in [-0.15, -0.1) is 24.8 Å². The highest BCUT2D eigenvalue weighted by molar-refractivity contribution is 5.85. The van der Waals surface area contributed by atoms with Crippen molar-refractivity contribution in [2.24, 2.45) is 16.5 Å². The van der Waals surface area contributed by atoms with Gasteiger partial charge in [0.05, 0.1) is 0 Å². The number of rotatable bonds is 5. The summed E-state index contributed by atoms with van der Waals surface area (Å²) >= 11 is 0. The highest BCUT2D eigenvalue weighted by atomic mass is 35.5. The molecule has 5 N–H and O–H groups in total. The maximum Gasteiger partial charge on any atom is 0.185 e. The molecule has 7 heteroatoms. The molecule has 1 aromatic heterocycles. The van der Waals surface area contributed by atoms with E-state index in [-0.39, 0.29) is 30.8 Å². The number of imidazole rings is 1. The number of hydrogen-bond donors (Lipinski definition) is 3. The largest absolute Gasteiger partial charge is 0.370 e. The van der Waals surface area contributed by atoms with Gasteiger partial charge in [0, 0.05) is 25.4 Å². The number of unbranched alkanes of at least 4 members (excludes halogenated alkanes) is 1. The van der Waals surface area contributed by atoms with Crippen molar-refractivity contribution >= 4 is 30.8 Å². The van der Waals surface area contributed by atoms with Gasteiger partial charge in [-0.3, -0.25) is 4.99 Å². The second-order valence-electron chi connectivity index (χ2n) is 2.80. The zero-order chi connectivity index (χ0) is 9.52. The standard InChI is InChI=1S/C8H15N5.2ClH/c9-8(10)13-4-2-1-3-7-11-5-6-12-7;;/h5-6H,1-4H2,(H,11,12)(H4,9,10,13);2*1H. The van der Waals surface area contributed by atoms with Crippen LogP contribution >= 0.6 is 24.8 Å². The molecule has 5 nitrogen and oxygen atoms in total.